The number of esters is 1. The predicted molar refractivity (Wildman–Crippen MR) is 74.7 cm³/mol. The minimum Gasteiger partial charge on any atom is -0.459 e. The molecule has 1 aromatic rings. The zero-order chi connectivity index (χ0) is 15.5. The van der Waals surface area contributed by atoms with Gasteiger partial charge in [-0.2, -0.15) is 0 Å². The van der Waals surface area contributed by atoms with E-state index in [1.54, 1.807) is 39.6 Å². The van der Waals surface area contributed by atoms with Gasteiger partial charge in [0.1, 0.15) is 24.2 Å². The molecule has 0 unspecified atom stereocenters. The van der Waals surface area contributed by atoms with Crippen LogP contribution in [0.1, 0.15) is 26.3 Å². The second-order valence-electron chi connectivity index (χ2n) is 5.53. The van der Waals surface area contributed by atoms with Gasteiger partial charge in [0.2, 0.25) is 0 Å². The summed E-state index contributed by atoms with van der Waals surface area (Å²) in [4.78, 5) is 27.5. The SMILES string of the molecule is Cc1cc([N+](=O)[O-])cnc1N(C)CC(=O)OC(C)(C)C. The lowest BCUT2D eigenvalue weighted by Gasteiger charge is -2.23. The average molecular weight is 281 g/mol. The summed E-state index contributed by atoms with van der Waals surface area (Å²) in [5.74, 6) is 0.140. The van der Waals surface area contributed by atoms with Crippen LogP contribution in [0.15, 0.2) is 12.3 Å². The van der Waals surface area contributed by atoms with Gasteiger partial charge in [0.05, 0.1) is 4.92 Å². The van der Waals surface area contributed by atoms with E-state index in [1.807, 2.05) is 0 Å². The van der Waals surface area contributed by atoms with E-state index in [0.717, 1.165) is 0 Å². The lowest BCUT2D eigenvalue weighted by Crippen LogP contribution is -2.33. The van der Waals surface area contributed by atoms with Crippen molar-refractivity contribution >= 4 is 17.5 Å². The fourth-order valence-corrected chi connectivity index (χ4v) is 1.69. The number of aromatic nitrogens is 1. The first kappa shape index (κ1) is 15.9. The van der Waals surface area contributed by atoms with E-state index in [4.69, 9.17) is 4.74 Å². The highest BCUT2D eigenvalue weighted by Gasteiger charge is 2.19. The number of rotatable bonds is 4. The Balaban J connectivity index is 2.80. The summed E-state index contributed by atoms with van der Waals surface area (Å²) in [7, 11) is 1.69. The fraction of sp³-hybridized carbons (Fsp3) is 0.538. The van der Waals surface area contributed by atoms with Crippen molar-refractivity contribution in [3.8, 4) is 0 Å². The largest absolute Gasteiger partial charge is 0.459 e. The summed E-state index contributed by atoms with van der Waals surface area (Å²) in [6.45, 7) is 7.12. The van der Waals surface area contributed by atoms with Gasteiger partial charge < -0.3 is 9.64 Å². The molecule has 110 valence electrons. The molecule has 7 nitrogen and oxygen atoms in total. The molecule has 20 heavy (non-hydrogen) atoms. The number of aryl methyl sites for hydroxylation is 1. The van der Waals surface area contributed by atoms with Crippen molar-refractivity contribution in [3.05, 3.63) is 27.9 Å². The van der Waals surface area contributed by atoms with Crippen molar-refractivity contribution in [1.82, 2.24) is 4.98 Å². The molecular weight excluding hydrogens is 262 g/mol. The highest BCUT2D eigenvalue weighted by molar-refractivity contribution is 5.76. The van der Waals surface area contributed by atoms with Crippen molar-refractivity contribution in [2.24, 2.45) is 0 Å². The molecule has 0 aromatic carbocycles. The molecule has 0 saturated carbocycles. The maximum atomic E-state index is 11.7. The Bertz CT molecular complexity index is 523. The minimum absolute atomic E-state index is 0.0307. The summed E-state index contributed by atoms with van der Waals surface area (Å²) in [6, 6.07) is 1.42. The predicted octanol–water partition coefficient (Wildman–Crippen LogP) is 2.08. The molecule has 1 heterocycles. The number of carbonyl (C=O) groups is 1. The number of likely N-dealkylation sites (N-methyl/N-ethyl adjacent to an activating group) is 1. The van der Waals surface area contributed by atoms with Gasteiger partial charge in [-0.3, -0.25) is 14.9 Å². The van der Waals surface area contributed by atoms with E-state index in [-0.39, 0.29) is 18.2 Å². The van der Waals surface area contributed by atoms with Crippen LogP contribution in [0.5, 0.6) is 0 Å². The Morgan fingerprint density at radius 2 is 2.10 bits per heavy atom. The van der Waals surface area contributed by atoms with Crippen molar-refractivity contribution < 1.29 is 14.5 Å². The quantitative estimate of drug-likeness (QED) is 0.477. The summed E-state index contributed by atoms with van der Waals surface area (Å²) < 4.78 is 5.22. The third kappa shape index (κ3) is 4.49. The normalized spacial score (nSPS) is 11.1. The Morgan fingerprint density at radius 1 is 1.50 bits per heavy atom. The van der Waals surface area contributed by atoms with Gasteiger partial charge in [-0.15, -0.1) is 0 Å². The van der Waals surface area contributed by atoms with Crippen LogP contribution in [0.3, 0.4) is 0 Å². The maximum absolute atomic E-state index is 11.7. The van der Waals surface area contributed by atoms with Gasteiger partial charge in [-0.1, -0.05) is 0 Å². The number of anilines is 1. The third-order valence-electron chi connectivity index (χ3n) is 2.39. The van der Waals surface area contributed by atoms with Gasteiger partial charge >= 0.3 is 5.97 Å². The summed E-state index contributed by atoms with van der Waals surface area (Å²) in [6.07, 6.45) is 1.17. The molecule has 0 aliphatic heterocycles. The lowest BCUT2D eigenvalue weighted by atomic mass is 10.2. The first-order valence-electron chi connectivity index (χ1n) is 6.14. The van der Waals surface area contributed by atoms with Gasteiger partial charge in [-0.25, -0.2) is 4.98 Å². The molecule has 0 amide bonds. The number of carbonyl (C=O) groups excluding carboxylic acids is 1. The fourth-order valence-electron chi connectivity index (χ4n) is 1.69. The molecule has 0 fully saturated rings. The van der Waals surface area contributed by atoms with Crippen LogP contribution in [0.25, 0.3) is 0 Å². The molecule has 0 bridgehead atoms. The second-order valence-corrected chi connectivity index (χ2v) is 5.53. The van der Waals surface area contributed by atoms with Gasteiger partial charge in [0, 0.05) is 13.1 Å². The number of hydrogen-bond donors (Lipinski definition) is 0. The molecule has 7 heteroatoms. The van der Waals surface area contributed by atoms with Crippen LogP contribution < -0.4 is 4.90 Å². The van der Waals surface area contributed by atoms with Gasteiger partial charge in [0.25, 0.3) is 5.69 Å². The Morgan fingerprint density at radius 3 is 2.55 bits per heavy atom. The molecule has 0 aliphatic carbocycles. The summed E-state index contributed by atoms with van der Waals surface area (Å²) in [5.41, 5.74) is 0.0118. The van der Waals surface area contributed by atoms with Gasteiger partial charge in [-0.05, 0) is 33.3 Å². The van der Waals surface area contributed by atoms with E-state index in [0.29, 0.717) is 11.4 Å². The molecule has 0 atom stereocenters. The summed E-state index contributed by atoms with van der Waals surface area (Å²) >= 11 is 0. The van der Waals surface area contributed by atoms with E-state index >= 15 is 0 Å². The van der Waals surface area contributed by atoms with Crippen LogP contribution in [-0.2, 0) is 9.53 Å². The van der Waals surface area contributed by atoms with Crippen molar-refractivity contribution in [2.45, 2.75) is 33.3 Å². The number of hydrogen-bond acceptors (Lipinski definition) is 6. The zero-order valence-corrected chi connectivity index (χ0v) is 12.3. The zero-order valence-electron chi connectivity index (χ0n) is 12.3. The molecule has 1 aromatic heterocycles. The van der Waals surface area contributed by atoms with Gasteiger partial charge in [0.15, 0.2) is 0 Å². The van der Waals surface area contributed by atoms with Crippen LogP contribution in [0.4, 0.5) is 11.5 Å². The standard InChI is InChI=1S/C13H19N3O4/c1-9-6-10(16(18)19)7-14-12(9)15(5)8-11(17)20-13(2,3)4/h6-7H,8H2,1-5H3. The van der Waals surface area contributed by atoms with Crippen molar-refractivity contribution in [1.29, 1.82) is 0 Å². The highest BCUT2D eigenvalue weighted by Crippen LogP contribution is 2.20. The van der Waals surface area contributed by atoms with Crippen LogP contribution in [0, 0.1) is 17.0 Å². The van der Waals surface area contributed by atoms with Crippen LogP contribution in [0.2, 0.25) is 0 Å². The van der Waals surface area contributed by atoms with E-state index in [1.165, 1.54) is 12.3 Å². The molecule has 0 aliphatic rings. The van der Waals surface area contributed by atoms with E-state index in [2.05, 4.69) is 4.98 Å². The monoisotopic (exact) mass is 281 g/mol. The Hall–Kier alpha value is -2.18. The molecule has 0 saturated heterocycles. The smallest absolute Gasteiger partial charge is 0.326 e. The topological polar surface area (TPSA) is 85.6 Å². The first-order chi connectivity index (χ1) is 9.10. The lowest BCUT2D eigenvalue weighted by molar-refractivity contribution is -0.385. The molecule has 1 rings (SSSR count). The highest BCUT2D eigenvalue weighted by atomic mass is 16.6. The number of nitro groups is 1. The third-order valence-corrected chi connectivity index (χ3v) is 2.39. The number of pyridine rings is 1. The maximum Gasteiger partial charge on any atom is 0.326 e. The minimum atomic E-state index is -0.546. The van der Waals surface area contributed by atoms with E-state index in [9.17, 15) is 14.9 Å². The Kier molecular flexibility index (Phi) is 4.65. The first-order valence-corrected chi connectivity index (χ1v) is 6.14. The second kappa shape index (κ2) is 5.85. The number of ether oxygens (including phenoxy) is 1. The van der Waals surface area contributed by atoms with Crippen molar-refractivity contribution in [3.63, 3.8) is 0 Å². The average Bonchev–Trinajstić information content (AvgIpc) is 2.25. The van der Waals surface area contributed by atoms with Crippen molar-refractivity contribution in [2.75, 3.05) is 18.5 Å². The molecule has 0 radical (unpaired) electrons. The molecular formula is C13H19N3O4. The van der Waals surface area contributed by atoms with Crippen LogP contribution >= 0.6 is 0 Å². The van der Waals surface area contributed by atoms with Crippen LogP contribution in [-0.4, -0.2) is 35.1 Å². The Labute approximate surface area is 117 Å². The molecule has 0 N–H and O–H groups in total. The van der Waals surface area contributed by atoms with E-state index < -0.39 is 10.5 Å². The molecule has 0 spiro atoms. The summed E-state index contributed by atoms with van der Waals surface area (Å²) in [5, 5.41) is 10.6. The number of nitrogens with zero attached hydrogens (tertiary/aromatic N) is 3.